The number of pyridine rings is 1. The van der Waals surface area contributed by atoms with Crippen LogP contribution in [0.25, 0.3) is 0 Å². The first-order valence-corrected chi connectivity index (χ1v) is 12.5. The quantitative estimate of drug-likeness (QED) is 0.461. The van der Waals surface area contributed by atoms with Crippen LogP contribution in [0.1, 0.15) is 75.1 Å². The molecule has 8 heteroatoms. The molecule has 3 rings (SSSR count). The third-order valence-corrected chi connectivity index (χ3v) is 7.25. The van der Waals surface area contributed by atoms with E-state index >= 15 is 4.39 Å². The lowest BCUT2D eigenvalue weighted by atomic mass is 9.94. The largest absolute Gasteiger partial charge is 0.469 e. The van der Waals surface area contributed by atoms with Crippen molar-refractivity contribution in [3.05, 3.63) is 17.4 Å². The van der Waals surface area contributed by atoms with Crippen molar-refractivity contribution in [1.29, 1.82) is 0 Å². The maximum absolute atomic E-state index is 15.1. The van der Waals surface area contributed by atoms with Gasteiger partial charge in [0, 0.05) is 25.6 Å². The Balaban J connectivity index is 1.79. The number of methoxy groups -OCH3 is 1. The molecule has 0 bridgehead atoms. The minimum absolute atomic E-state index is 0.114. The monoisotopic (exact) mass is 451 g/mol. The van der Waals surface area contributed by atoms with Crippen LogP contribution in [0.4, 0.5) is 10.2 Å². The smallest absolute Gasteiger partial charge is 0.305 e. The highest BCUT2D eigenvalue weighted by molar-refractivity contribution is 7.99. The lowest BCUT2D eigenvalue weighted by molar-refractivity contribution is -0.141. The van der Waals surface area contributed by atoms with Gasteiger partial charge in [0.2, 0.25) is 0 Å². The number of halogens is 1. The molecule has 1 aliphatic heterocycles. The minimum atomic E-state index is -0.478. The second-order valence-electron chi connectivity index (χ2n) is 8.54. The number of carbonyl (C=O) groups is 2. The molecule has 172 valence electrons. The number of thioether (sulfide) groups is 1. The summed E-state index contributed by atoms with van der Waals surface area (Å²) in [6, 6.07) is 1.51. The van der Waals surface area contributed by atoms with Crippen LogP contribution < -0.4 is 10.2 Å². The summed E-state index contributed by atoms with van der Waals surface area (Å²) in [5.74, 6) is 0.256. The minimum Gasteiger partial charge on any atom is -0.469 e. The van der Waals surface area contributed by atoms with Gasteiger partial charge in [0.25, 0.3) is 5.91 Å². The molecule has 1 aromatic heterocycles. The number of anilines is 1. The van der Waals surface area contributed by atoms with Crippen LogP contribution in [0, 0.1) is 11.7 Å². The fraction of sp³-hybridized carbons (Fsp3) is 0.696. The van der Waals surface area contributed by atoms with Crippen LogP contribution in [0.2, 0.25) is 0 Å². The van der Waals surface area contributed by atoms with Crippen LogP contribution in [-0.4, -0.2) is 48.9 Å². The van der Waals surface area contributed by atoms with E-state index in [1.54, 1.807) is 0 Å². The summed E-state index contributed by atoms with van der Waals surface area (Å²) >= 11 is 1.50. The van der Waals surface area contributed by atoms with Crippen molar-refractivity contribution in [2.24, 2.45) is 5.92 Å². The number of hydrogen-bond donors (Lipinski definition) is 1. The summed E-state index contributed by atoms with van der Waals surface area (Å²) in [4.78, 5) is 31.1. The topological polar surface area (TPSA) is 71.5 Å². The van der Waals surface area contributed by atoms with Crippen molar-refractivity contribution >= 4 is 29.5 Å². The Morgan fingerprint density at radius 1 is 1.26 bits per heavy atom. The van der Waals surface area contributed by atoms with Crippen LogP contribution in [-0.2, 0) is 9.53 Å². The lowest BCUT2D eigenvalue weighted by Gasteiger charge is -2.33. The predicted octanol–water partition coefficient (Wildman–Crippen LogP) is 4.56. The first-order valence-electron chi connectivity index (χ1n) is 11.5. The van der Waals surface area contributed by atoms with E-state index in [4.69, 9.17) is 4.74 Å². The van der Waals surface area contributed by atoms with E-state index < -0.39 is 5.82 Å². The zero-order chi connectivity index (χ0) is 22.2. The number of nitrogens with one attached hydrogen (secondary N) is 1. The zero-order valence-electron chi connectivity index (χ0n) is 18.6. The van der Waals surface area contributed by atoms with Gasteiger partial charge < -0.3 is 15.0 Å². The van der Waals surface area contributed by atoms with Crippen LogP contribution in [0.3, 0.4) is 0 Å². The van der Waals surface area contributed by atoms with E-state index in [1.807, 2.05) is 4.90 Å². The molecule has 1 saturated carbocycles. The number of rotatable bonds is 8. The molecule has 6 nitrogen and oxygen atoms in total. The Labute approximate surface area is 188 Å². The fourth-order valence-corrected chi connectivity index (χ4v) is 5.26. The standard InChI is InChI=1S/C23H34FN3O3S/c1-3-12-31-23-18(22(29)25-17-9-5-4-6-10-17)14-19(24)21(26-23)27-11-7-8-16(15-27)13-20(28)30-2/h14,16-17H,3-13,15H2,1-2H3,(H,25,29). The summed E-state index contributed by atoms with van der Waals surface area (Å²) < 4.78 is 19.9. The van der Waals surface area contributed by atoms with Crippen molar-refractivity contribution < 1.29 is 18.7 Å². The van der Waals surface area contributed by atoms with Crippen LogP contribution >= 0.6 is 11.8 Å². The van der Waals surface area contributed by atoms with E-state index in [9.17, 15) is 9.59 Å². The van der Waals surface area contributed by atoms with Gasteiger partial charge in [-0.2, -0.15) is 0 Å². The highest BCUT2D eigenvalue weighted by Crippen LogP contribution is 2.31. The fourth-order valence-electron chi connectivity index (χ4n) is 4.41. The van der Waals surface area contributed by atoms with E-state index in [-0.39, 0.29) is 29.7 Å². The molecular formula is C23H34FN3O3S. The average Bonchev–Trinajstić information content (AvgIpc) is 2.78. The third-order valence-electron chi connectivity index (χ3n) is 6.05. The molecule has 1 atom stereocenters. The summed E-state index contributed by atoms with van der Waals surface area (Å²) in [7, 11) is 1.39. The maximum atomic E-state index is 15.1. The summed E-state index contributed by atoms with van der Waals surface area (Å²) in [6.07, 6.45) is 8.45. The Morgan fingerprint density at radius 3 is 2.74 bits per heavy atom. The van der Waals surface area contributed by atoms with Gasteiger partial charge in [-0.15, -0.1) is 11.8 Å². The molecule has 31 heavy (non-hydrogen) atoms. The van der Waals surface area contributed by atoms with Gasteiger partial charge in [0.05, 0.1) is 12.7 Å². The van der Waals surface area contributed by atoms with E-state index in [2.05, 4.69) is 17.2 Å². The highest BCUT2D eigenvalue weighted by atomic mass is 32.2. The molecule has 2 aliphatic rings. The maximum Gasteiger partial charge on any atom is 0.305 e. The van der Waals surface area contributed by atoms with Gasteiger partial charge in [-0.3, -0.25) is 9.59 Å². The predicted molar refractivity (Wildman–Crippen MR) is 121 cm³/mol. The number of esters is 1. The number of hydrogen-bond acceptors (Lipinski definition) is 6. The molecule has 1 amide bonds. The van der Waals surface area contributed by atoms with Crippen molar-refractivity contribution in [1.82, 2.24) is 10.3 Å². The summed E-state index contributed by atoms with van der Waals surface area (Å²) in [6.45, 7) is 3.32. The zero-order valence-corrected chi connectivity index (χ0v) is 19.4. The van der Waals surface area contributed by atoms with Crippen molar-refractivity contribution in [3.8, 4) is 0 Å². The molecule has 0 radical (unpaired) electrons. The van der Waals surface area contributed by atoms with Crippen molar-refractivity contribution in [2.75, 3.05) is 30.9 Å². The lowest BCUT2D eigenvalue weighted by Crippen LogP contribution is -2.38. The molecule has 1 unspecified atom stereocenters. The molecular weight excluding hydrogens is 417 g/mol. The van der Waals surface area contributed by atoms with Crippen molar-refractivity contribution in [3.63, 3.8) is 0 Å². The number of nitrogens with zero attached hydrogens (tertiary/aromatic N) is 2. The first-order chi connectivity index (χ1) is 15.0. The summed E-state index contributed by atoms with van der Waals surface area (Å²) in [5.41, 5.74) is 0.327. The van der Waals surface area contributed by atoms with E-state index in [0.717, 1.165) is 50.7 Å². The molecule has 2 heterocycles. The highest BCUT2D eigenvalue weighted by Gasteiger charge is 2.28. The van der Waals surface area contributed by atoms with E-state index in [1.165, 1.54) is 31.4 Å². The second kappa shape index (κ2) is 11.7. The third kappa shape index (κ3) is 6.57. The Bertz CT molecular complexity index is 771. The number of ether oxygens (including phenoxy) is 1. The molecule has 2 fully saturated rings. The van der Waals surface area contributed by atoms with Gasteiger partial charge in [0.1, 0.15) is 5.03 Å². The Hall–Kier alpha value is -1.83. The van der Waals surface area contributed by atoms with Gasteiger partial charge in [-0.25, -0.2) is 9.37 Å². The van der Waals surface area contributed by atoms with Gasteiger partial charge in [-0.05, 0) is 49.8 Å². The molecule has 1 aliphatic carbocycles. The normalized spacial score (nSPS) is 19.8. The number of aromatic nitrogens is 1. The molecule has 1 saturated heterocycles. The number of carbonyl (C=O) groups excluding carboxylic acids is 2. The van der Waals surface area contributed by atoms with Gasteiger partial charge in [0.15, 0.2) is 11.6 Å². The van der Waals surface area contributed by atoms with Gasteiger partial charge in [-0.1, -0.05) is 26.2 Å². The Morgan fingerprint density at radius 2 is 2.03 bits per heavy atom. The number of amides is 1. The first kappa shape index (κ1) is 23.8. The average molecular weight is 452 g/mol. The van der Waals surface area contributed by atoms with Crippen LogP contribution in [0.15, 0.2) is 11.1 Å². The molecule has 0 aromatic carbocycles. The molecule has 1 N–H and O–H groups in total. The molecule has 1 aromatic rings. The second-order valence-corrected chi connectivity index (χ2v) is 9.62. The van der Waals surface area contributed by atoms with Gasteiger partial charge >= 0.3 is 5.97 Å². The van der Waals surface area contributed by atoms with E-state index in [0.29, 0.717) is 30.1 Å². The Kier molecular flexibility index (Phi) is 8.99. The van der Waals surface area contributed by atoms with Crippen molar-refractivity contribution in [2.45, 2.75) is 75.8 Å². The van der Waals surface area contributed by atoms with Crippen LogP contribution in [0.5, 0.6) is 0 Å². The SMILES string of the molecule is CCCSc1nc(N2CCCC(CC(=O)OC)C2)c(F)cc1C(=O)NC1CCCCC1. The summed E-state index contributed by atoms with van der Waals surface area (Å²) in [5, 5.41) is 3.67. The molecule has 0 spiro atoms. The number of piperidine rings is 1.